The van der Waals surface area contributed by atoms with Crippen molar-refractivity contribution in [2.24, 2.45) is 0 Å². The molecule has 0 fully saturated rings. The van der Waals surface area contributed by atoms with Gasteiger partial charge in [-0.1, -0.05) is 31.2 Å². The quantitative estimate of drug-likeness (QED) is 0.238. The van der Waals surface area contributed by atoms with E-state index in [1.807, 2.05) is 18.2 Å². The second-order valence-corrected chi connectivity index (χ2v) is 9.21. The number of nitrogens with one attached hydrogen (secondary N) is 2. The van der Waals surface area contributed by atoms with Crippen molar-refractivity contribution in [1.29, 1.82) is 0 Å². The first kappa shape index (κ1) is 27.1. The van der Waals surface area contributed by atoms with E-state index in [1.54, 1.807) is 6.92 Å². The number of aromatic hydroxyl groups is 1. The molecule has 0 aliphatic heterocycles. The number of halogens is 2. The number of fused-ring (bicyclic) bond motifs is 1. The van der Waals surface area contributed by atoms with Gasteiger partial charge in [-0.15, -0.1) is 10.2 Å². The lowest BCUT2D eigenvalue weighted by atomic mass is 10.00. The van der Waals surface area contributed by atoms with Crippen molar-refractivity contribution in [3.05, 3.63) is 88.4 Å². The Hall–Kier alpha value is -3.96. The minimum Gasteiger partial charge on any atom is -0.494 e. The molecule has 0 radical (unpaired) electrons. The lowest BCUT2D eigenvalue weighted by molar-refractivity contribution is -0.122. The summed E-state index contributed by atoms with van der Waals surface area (Å²) in [6.45, 7) is 4.38. The Morgan fingerprint density at radius 2 is 1.79 bits per heavy atom. The van der Waals surface area contributed by atoms with Crippen LogP contribution in [-0.4, -0.2) is 54.4 Å². The summed E-state index contributed by atoms with van der Waals surface area (Å²) in [6, 6.07) is 11.7. The zero-order valence-corrected chi connectivity index (χ0v) is 21.2. The average Bonchev–Trinajstić information content (AvgIpc) is 3.25. The summed E-state index contributed by atoms with van der Waals surface area (Å²) in [4.78, 5) is 17.1. The highest BCUT2D eigenvalue weighted by Gasteiger charge is 2.24. The largest absolute Gasteiger partial charge is 0.494 e. The maximum absolute atomic E-state index is 13.8. The van der Waals surface area contributed by atoms with Gasteiger partial charge >= 0.3 is 0 Å². The van der Waals surface area contributed by atoms with Gasteiger partial charge in [0.1, 0.15) is 11.6 Å². The highest BCUT2D eigenvalue weighted by molar-refractivity contribution is 5.78. The van der Waals surface area contributed by atoms with Gasteiger partial charge in [0.2, 0.25) is 11.8 Å². The second kappa shape index (κ2) is 12.1. The zero-order valence-electron chi connectivity index (χ0n) is 21.2. The molecule has 2 aromatic carbocycles. The van der Waals surface area contributed by atoms with Crippen LogP contribution in [0.15, 0.2) is 48.5 Å². The molecule has 9 nitrogen and oxygen atoms in total. The Morgan fingerprint density at radius 1 is 1.05 bits per heavy atom. The molecular weight excluding hydrogens is 494 g/mol. The van der Waals surface area contributed by atoms with E-state index in [1.165, 1.54) is 16.0 Å². The Labute approximate surface area is 218 Å². The first-order valence-corrected chi connectivity index (χ1v) is 12.3. The van der Waals surface area contributed by atoms with Crippen LogP contribution in [0.5, 0.6) is 5.88 Å². The van der Waals surface area contributed by atoms with E-state index in [9.17, 15) is 23.8 Å². The van der Waals surface area contributed by atoms with Crippen LogP contribution in [0.25, 0.3) is 5.78 Å². The van der Waals surface area contributed by atoms with Crippen molar-refractivity contribution in [3.8, 4) is 5.88 Å². The summed E-state index contributed by atoms with van der Waals surface area (Å²) < 4.78 is 28.9. The lowest BCUT2D eigenvalue weighted by Crippen LogP contribution is -2.49. The van der Waals surface area contributed by atoms with Gasteiger partial charge in [0.15, 0.2) is 5.82 Å². The van der Waals surface area contributed by atoms with Gasteiger partial charge in [-0.05, 0) is 48.6 Å². The smallest absolute Gasteiger partial charge is 0.258 e. The first-order valence-electron chi connectivity index (χ1n) is 12.3. The van der Waals surface area contributed by atoms with Crippen molar-refractivity contribution in [2.45, 2.75) is 51.8 Å². The van der Waals surface area contributed by atoms with E-state index in [4.69, 9.17) is 0 Å². The van der Waals surface area contributed by atoms with Crippen molar-refractivity contribution < 1.29 is 23.8 Å². The topological polar surface area (TPSA) is 125 Å². The number of rotatable bonds is 11. The van der Waals surface area contributed by atoms with E-state index >= 15 is 0 Å². The van der Waals surface area contributed by atoms with Crippen molar-refractivity contribution in [3.63, 3.8) is 0 Å². The molecule has 4 N–H and O–H groups in total. The molecule has 200 valence electrons. The monoisotopic (exact) mass is 524 g/mol. The highest BCUT2D eigenvalue weighted by Crippen LogP contribution is 2.16. The summed E-state index contributed by atoms with van der Waals surface area (Å²) in [5.41, 5.74) is 3.07. The van der Waals surface area contributed by atoms with E-state index in [2.05, 4.69) is 38.8 Å². The molecule has 2 atom stereocenters. The molecule has 4 rings (SSSR count). The van der Waals surface area contributed by atoms with E-state index in [0.717, 1.165) is 30.2 Å². The highest BCUT2D eigenvalue weighted by atomic mass is 19.1. The molecule has 0 saturated carbocycles. The number of hydrogen-bond acceptors (Lipinski definition) is 7. The number of aryl methyl sites for hydroxylation is 2. The third-order valence-corrected chi connectivity index (χ3v) is 6.15. The summed E-state index contributed by atoms with van der Waals surface area (Å²) in [5.74, 6) is -1.88. The molecule has 0 spiro atoms. The van der Waals surface area contributed by atoms with Gasteiger partial charge in [-0.2, -0.15) is 0 Å². The van der Waals surface area contributed by atoms with Crippen LogP contribution in [0.4, 0.5) is 8.78 Å². The first-order chi connectivity index (χ1) is 18.2. The Balaban J connectivity index is 1.47. The van der Waals surface area contributed by atoms with E-state index in [0.29, 0.717) is 12.2 Å². The molecule has 2 heterocycles. The van der Waals surface area contributed by atoms with Gasteiger partial charge in [0.25, 0.3) is 5.78 Å². The summed E-state index contributed by atoms with van der Waals surface area (Å²) >= 11 is 0. The third kappa shape index (κ3) is 6.87. The third-order valence-electron chi connectivity index (χ3n) is 6.15. The molecule has 11 heteroatoms. The van der Waals surface area contributed by atoms with Gasteiger partial charge in [-0.3, -0.25) is 4.79 Å². The molecule has 0 bridgehead atoms. The Morgan fingerprint density at radius 3 is 2.53 bits per heavy atom. The molecular formula is C27H30F2N6O3. The second-order valence-electron chi connectivity index (χ2n) is 9.21. The van der Waals surface area contributed by atoms with E-state index in [-0.39, 0.29) is 42.4 Å². The minimum absolute atomic E-state index is 0.0127. The van der Waals surface area contributed by atoms with Gasteiger partial charge < -0.3 is 20.8 Å². The molecule has 0 aliphatic rings. The van der Waals surface area contributed by atoms with Gasteiger partial charge in [-0.25, -0.2) is 18.2 Å². The normalized spacial score (nSPS) is 13.0. The minimum atomic E-state index is -1.08. The fraction of sp³-hybridized carbons (Fsp3) is 0.333. The van der Waals surface area contributed by atoms with Crippen LogP contribution in [0.3, 0.4) is 0 Å². The van der Waals surface area contributed by atoms with Gasteiger partial charge in [0.05, 0.1) is 18.6 Å². The predicted molar refractivity (Wildman–Crippen MR) is 136 cm³/mol. The summed E-state index contributed by atoms with van der Waals surface area (Å²) in [6.07, 6.45) is -0.449. The number of benzene rings is 2. The average molecular weight is 525 g/mol. The Kier molecular flexibility index (Phi) is 8.59. The van der Waals surface area contributed by atoms with Crippen LogP contribution >= 0.6 is 0 Å². The molecule has 38 heavy (non-hydrogen) atoms. The zero-order chi connectivity index (χ0) is 27.2. The number of hydrogen-bond donors (Lipinski definition) is 4. The predicted octanol–water partition coefficient (Wildman–Crippen LogP) is 2.40. The van der Waals surface area contributed by atoms with Crippen LogP contribution in [0, 0.1) is 18.6 Å². The Bertz CT molecular complexity index is 1410. The molecule has 4 aromatic rings. The number of aliphatic hydroxyl groups excluding tert-OH is 1. The molecule has 0 aliphatic carbocycles. The summed E-state index contributed by atoms with van der Waals surface area (Å²) in [7, 11) is 0. The van der Waals surface area contributed by atoms with Crippen LogP contribution < -0.4 is 10.6 Å². The van der Waals surface area contributed by atoms with Crippen molar-refractivity contribution in [1.82, 2.24) is 30.2 Å². The number of carbonyl (C=O) groups is 1. The van der Waals surface area contributed by atoms with Crippen molar-refractivity contribution in [2.75, 3.05) is 6.54 Å². The number of aromatic nitrogens is 4. The van der Waals surface area contributed by atoms with Crippen LogP contribution in [0.1, 0.15) is 35.1 Å². The maximum atomic E-state index is 13.8. The number of amides is 1. The van der Waals surface area contributed by atoms with E-state index < -0.39 is 29.7 Å². The molecule has 1 amide bonds. The molecule has 0 unspecified atom stereocenters. The molecule has 2 aromatic heterocycles. The van der Waals surface area contributed by atoms with Crippen LogP contribution in [-0.2, 0) is 30.6 Å². The fourth-order valence-electron chi connectivity index (χ4n) is 4.30. The fourth-order valence-corrected chi connectivity index (χ4v) is 4.30. The van der Waals surface area contributed by atoms with Gasteiger partial charge in [0, 0.05) is 30.9 Å². The standard InChI is InChI=1S/C27H30F2N6O3/c1-3-17-5-4-6-18(8-17)14-30-15-23(36)22(11-19-9-20(28)12-21(29)10-19)32-25(37)13-24-33-34-27-31-16(2)7-26(38)35(24)27/h4-10,12,22-23,30,36,38H,3,11,13-15H2,1-2H3,(H,32,37)/t22-,23+/m0/s1. The SMILES string of the molecule is CCc1cccc(CNC[C@@H](O)[C@H](Cc2cc(F)cc(F)c2)NC(=O)Cc2nnc3nc(C)cc(O)n23)c1. The number of nitrogens with zero attached hydrogens (tertiary/aromatic N) is 4. The van der Waals surface area contributed by atoms with Crippen molar-refractivity contribution >= 4 is 11.7 Å². The summed E-state index contributed by atoms with van der Waals surface area (Å²) in [5, 5.41) is 35.0. The van der Waals surface area contributed by atoms with Crippen LogP contribution in [0.2, 0.25) is 0 Å². The molecule has 0 saturated heterocycles. The number of carbonyl (C=O) groups excluding carboxylic acids is 1. The maximum Gasteiger partial charge on any atom is 0.258 e. The lowest BCUT2D eigenvalue weighted by Gasteiger charge is -2.25. The number of aliphatic hydroxyl groups is 1.